The van der Waals surface area contributed by atoms with Gasteiger partial charge in [0.2, 0.25) is 0 Å². The normalized spacial score (nSPS) is 12.7. The van der Waals surface area contributed by atoms with Crippen molar-refractivity contribution in [3.63, 3.8) is 0 Å². The molecule has 3 aromatic rings. The molecule has 3 aromatic carbocycles. The number of anilines is 2. The number of carbonyl (C=O) groups excluding carboxylic acids is 1. The van der Waals surface area contributed by atoms with Gasteiger partial charge in [-0.3, -0.25) is 0 Å². The van der Waals surface area contributed by atoms with E-state index in [0.29, 0.717) is 5.75 Å². The average Bonchev–Trinajstić information content (AvgIpc) is 2.98. The second-order valence-corrected chi connectivity index (χ2v) is 8.00. The summed E-state index contributed by atoms with van der Waals surface area (Å²) < 4.78 is 10.9. The van der Waals surface area contributed by atoms with Gasteiger partial charge in [0.25, 0.3) is 0 Å². The first-order valence-corrected chi connectivity index (χ1v) is 12.7. The first-order valence-electron chi connectivity index (χ1n) is 12.7. The Morgan fingerprint density at radius 1 is 0.784 bits per heavy atom. The van der Waals surface area contributed by atoms with Crippen molar-refractivity contribution in [3.05, 3.63) is 78.9 Å². The zero-order valence-electron chi connectivity index (χ0n) is 22.2. The number of methoxy groups -OCH3 is 1. The lowest BCUT2D eigenvalue weighted by molar-refractivity contribution is -0.0979. The minimum atomic E-state index is 0.595. The summed E-state index contributed by atoms with van der Waals surface area (Å²) in [5.41, 5.74) is 12.5. The van der Waals surface area contributed by atoms with Crippen molar-refractivity contribution in [1.82, 2.24) is 5.32 Å². The number of hydrogen-bond acceptors (Lipinski definition) is 7. The van der Waals surface area contributed by atoms with Crippen LogP contribution in [0.4, 0.5) is 11.4 Å². The van der Waals surface area contributed by atoms with Gasteiger partial charge in [0.1, 0.15) is 18.3 Å². The highest BCUT2D eigenvalue weighted by Gasteiger charge is 1.99. The lowest BCUT2D eigenvalue weighted by atomic mass is 10.1. The number of benzene rings is 2. The quantitative estimate of drug-likeness (QED) is 0.294. The Kier molecular flexibility index (Phi) is 18.2. The summed E-state index contributed by atoms with van der Waals surface area (Å²) >= 11 is 0. The van der Waals surface area contributed by atoms with Crippen LogP contribution in [0.3, 0.4) is 0 Å². The molecule has 5 N–H and O–H groups in total. The highest BCUT2D eigenvalue weighted by atomic mass is 16.5. The third kappa shape index (κ3) is 14.4. The molecule has 0 aromatic heterocycles. The van der Waals surface area contributed by atoms with Gasteiger partial charge >= 0.3 is 0 Å². The second kappa shape index (κ2) is 21.5. The number of para-hydroxylation sites is 1. The van der Waals surface area contributed by atoms with E-state index in [1.807, 2.05) is 67.5 Å². The molecule has 1 fully saturated rings. The Balaban J connectivity index is 0.000000409. The molecule has 0 saturated carbocycles. The molecule has 0 unspecified atom stereocenters. The number of rotatable bonds is 6. The maximum absolute atomic E-state index is 8.00. The number of nitrogens with two attached hydrogens (primary N) is 1. The van der Waals surface area contributed by atoms with Crippen molar-refractivity contribution in [1.29, 1.82) is 0 Å². The molecule has 7 heteroatoms. The lowest BCUT2D eigenvalue weighted by Gasteiger charge is -2.10. The molecule has 0 spiro atoms. The Labute approximate surface area is 222 Å². The fourth-order valence-corrected chi connectivity index (χ4v) is 3.47. The molecule has 0 amide bonds. The van der Waals surface area contributed by atoms with Crippen LogP contribution >= 0.6 is 0 Å². The molecular weight excluding hydrogens is 464 g/mol. The molecule has 0 radical (unpaired) electrons. The molecule has 1 aliphatic heterocycles. The number of nitrogens with one attached hydrogen (secondary N) is 3. The van der Waals surface area contributed by atoms with Gasteiger partial charge in [-0.05, 0) is 75.4 Å². The van der Waals surface area contributed by atoms with Crippen LogP contribution in [-0.2, 0) is 4.79 Å². The van der Waals surface area contributed by atoms with Gasteiger partial charge in [-0.15, -0.1) is 0 Å². The summed E-state index contributed by atoms with van der Waals surface area (Å²) in [5, 5.41) is 3.46. The third-order valence-corrected chi connectivity index (χ3v) is 5.33. The van der Waals surface area contributed by atoms with Crippen LogP contribution in [0.2, 0.25) is 0 Å². The highest BCUT2D eigenvalue weighted by Crippen LogP contribution is 2.22. The topological polar surface area (TPSA) is 97.6 Å². The largest absolute Gasteiger partial charge is 0.497 e. The van der Waals surface area contributed by atoms with Crippen molar-refractivity contribution in [2.45, 2.75) is 44.9 Å². The first kappa shape index (κ1) is 31.3. The molecule has 0 atom stereocenters. The van der Waals surface area contributed by atoms with Crippen molar-refractivity contribution >= 4 is 18.2 Å². The van der Waals surface area contributed by atoms with E-state index in [0.717, 1.165) is 22.9 Å². The number of hydrazine groups is 1. The standard InChI is InChI=1S/C19H16N2O2.C9H19N.CH5N.CH2O/c1-22-17-12-10-15(11-13-17)20-21-16-6-5-9-19(14-16)23-18-7-3-2-4-8-18;1-2-4-6-8-10-9-7-5-3-1;2*1-2/h2-4,6-8,10-14,20-21H,1H3;10H,1-9H2;2H2,1H3;1H2. The van der Waals surface area contributed by atoms with Crippen LogP contribution in [0.1, 0.15) is 44.9 Å². The van der Waals surface area contributed by atoms with Crippen LogP contribution in [-0.4, -0.2) is 34.0 Å². The minimum Gasteiger partial charge on any atom is -0.497 e. The van der Waals surface area contributed by atoms with Crippen LogP contribution in [0.5, 0.6) is 17.2 Å². The van der Waals surface area contributed by atoms with Crippen molar-refractivity contribution < 1.29 is 14.3 Å². The van der Waals surface area contributed by atoms with Crippen LogP contribution in [0.15, 0.2) is 66.7 Å². The molecule has 4 rings (SSSR count). The Hall–Kier alpha value is -3.73. The minimum absolute atomic E-state index is 0.595. The lowest BCUT2D eigenvalue weighted by Crippen LogP contribution is -2.17. The van der Waals surface area contributed by atoms with E-state index in [-0.39, 0.29) is 0 Å². The summed E-state index contributed by atoms with van der Waals surface area (Å²) in [6.45, 7) is 4.50. The van der Waals surface area contributed by atoms with E-state index in [2.05, 4.69) is 34.0 Å². The van der Waals surface area contributed by atoms with Gasteiger partial charge in [0.05, 0.1) is 18.5 Å². The van der Waals surface area contributed by atoms with Gasteiger partial charge < -0.3 is 36.2 Å². The monoisotopic (exact) mass is 506 g/mol. The Morgan fingerprint density at radius 3 is 1.95 bits per heavy atom. The summed E-state index contributed by atoms with van der Waals surface area (Å²) in [6.07, 6.45) is 10.0. The summed E-state index contributed by atoms with van der Waals surface area (Å²) in [7, 11) is 3.14. The molecule has 200 valence electrons. The summed E-state index contributed by atoms with van der Waals surface area (Å²) in [6, 6.07) is 26.7. The van der Waals surface area contributed by atoms with Crippen LogP contribution in [0.25, 0.3) is 0 Å². The van der Waals surface area contributed by atoms with Crippen molar-refractivity contribution in [3.8, 4) is 17.2 Å². The van der Waals surface area contributed by atoms with Crippen LogP contribution < -0.4 is 31.4 Å². The number of hydrogen-bond donors (Lipinski definition) is 4. The molecule has 1 heterocycles. The van der Waals surface area contributed by atoms with E-state index in [1.165, 1.54) is 65.1 Å². The zero-order chi connectivity index (χ0) is 27.0. The van der Waals surface area contributed by atoms with Gasteiger partial charge in [-0.25, -0.2) is 0 Å². The molecule has 1 saturated heterocycles. The molecular formula is C30H42N4O3. The number of ether oxygens (including phenoxy) is 2. The summed E-state index contributed by atoms with van der Waals surface area (Å²) in [4.78, 5) is 8.00. The predicted molar refractivity (Wildman–Crippen MR) is 153 cm³/mol. The second-order valence-electron chi connectivity index (χ2n) is 8.00. The molecule has 7 nitrogen and oxygen atoms in total. The van der Waals surface area contributed by atoms with E-state index in [4.69, 9.17) is 14.3 Å². The molecule has 1 aliphatic rings. The zero-order valence-corrected chi connectivity index (χ0v) is 22.2. The highest BCUT2D eigenvalue weighted by molar-refractivity contribution is 5.54. The molecule has 0 bridgehead atoms. The van der Waals surface area contributed by atoms with E-state index < -0.39 is 0 Å². The van der Waals surface area contributed by atoms with Gasteiger partial charge in [-0.2, -0.15) is 0 Å². The first-order chi connectivity index (χ1) is 18.3. The number of carbonyl (C=O) groups is 1. The van der Waals surface area contributed by atoms with E-state index in [1.54, 1.807) is 13.2 Å². The van der Waals surface area contributed by atoms with Crippen molar-refractivity contribution in [2.75, 3.05) is 38.1 Å². The van der Waals surface area contributed by atoms with Crippen molar-refractivity contribution in [2.24, 2.45) is 5.73 Å². The van der Waals surface area contributed by atoms with E-state index >= 15 is 0 Å². The van der Waals surface area contributed by atoms with Gasteiger partial charge in [-0.1, -0.05) is 56.4 Å². The Bertz CT molecular complexity index is 890. The fourth-order valence-electron chi connectivity index (χ4n) is 3.47. The van der Waals surface area contributed by atoms with Crippen LogP contribution in [0, 0.1) is 12.1 Å². The maximum atomic E-state index is 8.00. The van der Waals surface area contributed by atoms with E-state index in [9.17, 15) is 0 Å². The molecule has 37 heavy (non-hydrogen) atoms. The fraction of sp³-hybridized carbons (Fsp3) is 0.367. The summed E-state index contributed by atoms with van der Waals surface area (Å²) in [5.74, 6) is 2.17. The van der Waals surface area contributed by atoms with Gasteiger partial charge in [0, 0.05) is 12.1 Å². The smallest absolute Gasteiger partial charge is 0.179 e. The third-order valence-electron chi connectivity index (χ3n) is 5.33. The predicted octanol–water partition coefficient (Wildman–Crippen LogP) is 6.24. The molecule has 0 aliphatic carbocycles. The van der Waals surface area contributed by atoms with Gasteiger partial charge in [0.15, 0.2) is 5.75 Å². The SMILES string of the molecule is C1CCCCNCCCC1.C=O.CN.COc1ccc(NNc2cc#cc(Oc3ccccc3)c2)cc1. The maximum Gasteiger partial charge on any atom is 0.179 e. The average molecular weight is 507 g/mol. The Morgan fingerprint density at radius 2 is 1.35 bits per heavy atom.